The fourth-order valence-electron chi connectivity index (χ4n) is 3.31. The molecule has 0 unspecified atom stereocenters. The third kappa shape index (κ3) is 7.33. The van der Waals surface area contributed by atoms with Gasteiger partial charge in [-0.05, 0) is 36.8 Å². The molecule has 13 heteroatoms. The SMILES string of the molecule is CCOc1cc(NC(=O)[C@@H](CO)c2ccccc2)ccc1S(=O)(=O)Nc1ccc(F)c(OC(F)(F)F)c1. The standard InChI is InChI=1S/C24H22F4N2O6S/c1-2-35-21-12-16(29-23(32)18(14-31)15-6-4-3-5-7-15)9-11-22(21)37(33,34)30-17-8-10-19(25)20(13-17)36-24(26,27)28/h3-13,18,30-31H,2,14H2,1H3,(H,29,32)/t18-/m0/s1. The number of carbonyl (C=O) groups excluding carboxylic acids is 1. The number of benzene rings is 3. The topological polar surface area (TPSA) is 114 Å². The van der Waals surface area contributed by atoms with E-state index in [1.54, 1.807) is 37.3 Å². The predicted molar refractivity (Wildman–Crippen MR) is 126 cm³/mol. The Morgan fingerprint density at radius 1 is 1.00 bits per heavy atom. The van der Waals surface area contributed by atoms with Gasteiger partial charge in [0.15, 0.2) is 11.6 Å². The van der Waals surface area contributed by atoms with Crippen LogP contribution in [0.5, 0.6) is 11.5 Å². The van der Waals surface area contributed by atoms with Crippen LogP contribution in [0.2, 0.25) is 0 Å². The normalized spacial score (nSPS) is 12.5. The van der Waals surface area contributed by atoms with E-state index in [4.69, 9.17) is 4.74 Å². The number of halogens is 4. The van der Waals surface area contributed by atoms with E-state index in [0.29, 0.717) is 17.7 Å². The average Bonchev–Trinajstić information content (AvgIpc) is 2.81. The minimum absolute atomic E-state index is 0.0450. The Labute approximate surface area is 209 Å². The fraction of sp³-hybridized carbons (Fsp3) is 0.208. The van der Waals surface area contributed by atoms with E-state index in [9.17, 15) is 35.9 Å². The lowest BCUT2D eigenvalue weighted by molar-refractivity contribution is -0.275. The van der Waals surface area contributed by atoms with E-state index in [0.717, 1.165) is 12.1 Å². The molecule has 1 amide bonds. The number of carbonyl (C=O) groups is 1. The molecule has 0 saturated carbocycles. The van der Waals surface area contributed by atoms with E-state index in [1.165, 1.54) is 12.1 Å². The molecule has 0 saturated heterocycles. The highest BCUT2D eigenvalue weighted by molar-refractivity contribution is 7.92. The zero-order valence-corrected chi connectivity index (χ0v) is 20.1. The molecule has 0 spiro atoms. The highest BCUT2D eigenvalue weighted by Gasteiger charge is 2.33. The van der Waals surface area contributed by atoms with Crippen LogP contribution >= 0.6 is 0 Å². The Kier molecular flexibility index (Phi) is 8.61. The van der Waals surface area contributed by atoms with Gasteiger partial charge >= 0.3 is 6.36 Å². The molecule has 0 aliphatic rings. The van der Waals surface area contributed by atoms with Crippen LogP contribution < -0.4 is 19.5 Å². The van der Waals surface area contributed by atoms with Crippen LogP contribution in [0.3, 0.4) is 0 Å². The first kappa shape index (κ1) is 27.7. The summed E-state index contributed by atoms with van der Waals surface area (Å²) in [6.45, 7) is 1.17. The predicted octanol–water partition coefficient (Wildman–Crippen LogP) is 4.64. The molecule has 0 aliphatic carbocycles. The molecular formula is C24H22F4N2O6S. The van der Waals surface area contributed by atoms with Crippen molar-refractivity contribution >= 4 is 27.3 Å². The number of aliphatic hydroxyl groups excluding tert-OH is 1. The molecule has 3 rings (SSSR count). The number of hydrogen-bond acceptors (Lipinski definition) is 6. The molecule has 0 fully saturated rings. The number of anilines is 2. The van der Waals surface area contributed by atoms with Crippen LogP contribution in [0.25, 0.3) is 0 Å². The molecule has 0 heterocycles. The first-order chi connectivity index (χ1) is 17.4. The first-order valence-corrected chi connectivity index (χ1v) is 12.2. The van der Waals surface area contributed by atoms with Crippen molar-refractivity contribution in [1.82, 2.24) is 0 Å². The molecule has 3 N–H and O–H groups in total. The Bertz CT molecular complexity index is 1350. The van der Waals surface area contributed by atoms with Crippen LogP contribution in [0.1, 0.15) is 18.4 Å². The number of hydrogen-bond donors (Lipinski definition) is 3. The van der Waals surface area contributed by atoms with Crippen LogP contribution in [0, 0.1) is 5.82 Å². The van der Waals surface area contributed by atoms with Gasteiger partial charge in [0.2, 0.25) is 5.91 Å². The number of rotatable bonds is 10. The Morgan fingerprint density at radius 3 is 2.27 bits per heavy atom. The summed E-state index contributed by atoms with van der Waals surface area (Å²) in [6, 6.07) is 14.3. The van der Waals surface area contributed by atoms with Gasteiger partial charge in [0, 0.05) is 17.8 Å². The van der Waals surface area contributed by atoms with Crippen molar-refractivity contribution in [2.24, 2.45) is 0 Å². The van der Waals surface area contributed by atoms with Crippen LogP contribution in [0.15, 0.2) is 71.6 Å². The Balaban J connectivity index is 1.86. The lowest BCUT2D eigenvalue weighted by Crippen LogP contribution is -2.24. The summed E-state index contributed by atoms with van der Waals surface area (Å²) in [5.41, 5.74) is 0.350. The number of nitrogens with one attached hydrogen (secondary N) is 2. The van der Waals surface area contributed by atoms with Crippen LogP contribution in [-0.4, -0.2) is 39.0 Å². The molecule has 198 valence electrons. The highest BCUT2D eigenvalue weighted by Crippen LogP contribution is 2.32. The lowest BCUT2D eigenvalue weighted by atomic mass is 9.99. The Morgan fingerprint density at radius 2 is 1.65 bits per heavy atom. The van der Waals surface area contributed by atoms with Crippen molar-refractivity contribution in [2.45, 2.75) is 24.1 Å². The number of aliphatic hydroxyl groups is 1. The van der Waals surface area contributed by atoms with Gasteiger partial charge in [0.1, 0.15) is 10.6 Å². The summed E-state index contributed by atoms with van der Waals surface area (Å²) in [6.07, 6.45) is -5.18. The third-order valence-corrected chi connectivity index (χ3v) is 6.33. The average molecular weight is 543 g/mol. The molecule has 37 heavy (non-hydrogen) atoms. The van der Waals surface area contributed by atoms with E-state index in [-0.39, 0.29) is 18.0 Å². The van der Waals surface area contributed by atoms with Gasteiger partial charge in [-0.15, -0.1) is 13.2 Å². The molecule has 3 aromatic carbocycles. The van der Waals surface area contributed by atoms with E-state index in [2.05, 4.69) is 14.8 Å². The number of sulfonamides is 1. The van der Waals surface area contributed by atoms with E-state index < -0.39 is 57.0 Å². The number of amides is 1. The molecular weight excluding hydrogens is 520 g/mol. The first-order valence-electron chi connectivity index (χ1n) is 10.7. The van der Waals surface area contributed by atoms with Gasteiger partial charge in [0.05, 0.1) is 24.8 Å². The lowest BCUT2D eigenvalue weighted by Gasteiger charge is -2.17. The maximum Gasteiger partial charge on any atom is 0.573 e. The van der Waals surface area contributed by atoms with Crippen molar-refractivity contribution in [2.75, 3.05) is 23.3 Å². The minimum atomic E-state index is -5.18. The van der Waals surface area contributed by atoms with E-state index >= 15 is 0 Å². The summed E-state index contributed by atoms with van der Waals surface area (Å²) >= 11 is 0. The second kappa shape index (κ2) is 11.5. The summed E-state index contributed by atoms with van der Waals surface area (Å²) in [5.74, 6) is -4.15. The minimum Gasteiger partial charge on any atom is -0.492 e. The Hall–Kier alpha value is -3.84. The van der Waals surface area contributed by atoms with Crippen molar-refractivity contribution in [3.63, 3.8) is 0 Å². The molecule has 3 aromatic rings. The number of ether oxygens (including phenoxy) is 2. The second-order valence-corrected chi connectivity index (χ2v) is 9.18. The smallest absolute Gasteiger partial charge is 0.492 e. The van der Waals surface area contributed by atoms with Gasteiger partial charge in [-0.25, -0.2) is 12.8 Å². The van der Waals surface area contributed by atoms with Crippen LogP contribution in [0.4, 0.5) is 28.9 Å². The van der Waals surface area contributed by atoms with Gasteiger partial charge in [-0.2, -0.15) is 0 Å². The van der Waals surface area contributed by atoms with Crippen molar-refractivity contribution in [3.05, 3.63) is 78.1 Å². The number of alkyl halides is 3. The van der Waals surface area contributed by atoms with Crippen molar-refractivity contribution in [1.29, 1.82) is 0 Å². The fourth-order valence-corrected chi connectivity index (χ4v) is 4.49. The molecule has 1 atom stereocenters. The van der Waals surface area contributed by atoms with Gasteiger partial charge in [-0.1, -0.05) is 30.3 Å². The zero-order chi connectivity index (χ0) is 27.2. The third-order valence-electron chi connectivity index (χ3n) is 4.91. The molecule has 0 aliphatic heterocycles. The molecule has 0 aromatic heterocycles. The van der Waals surface area contributed by atoms with Gasteiger partial charge in [-0.3, -0.25) is 9.52 Å². The summed E-state index contributed by atoms with van der Waals surface area (Å²) in [5, 5.41) is 12.3. The maximum atomic E-state index is 13.7. The monoisotopic (exact) mass is 542 g/mol. The van der Waals surface area contributed by atoms with Crippen molar-refractivity contribution < 1.29 is 45.4 Å². The summed E-state index contributed by atoms with van der Waals surface area (Å²) in [4.78, 5) is 12.3. The largest absolute Gasteiger partial charge is 0.573 e. The molecule has 0 bridgehead atoms. The summed E-state index contributed by atoms with van der Waals surface area (Å²) in [7, 11) is -4.44. The molecule has 0 radical (unpaired) electrons. The zero-order valence-electron chi connectivity index (χ0n) is 19.3. The van der Waals surface area contributed by atoms with Crippen molar-refractivity contribution in [3.8, 4) is 11.5 Å². The van der Waals surface area contributed by atoms with E-state index in [1.807, 2.05) is 0 Å². The molecule has 8 nitrogen and oxygen atoms in total. The highest BCUT2D eigenvalue weighted by atomic mass is 32.2. The maximum absolute atomic E-state index is 13.7. The quantitative estimate of drug-likeness (QED) is 0.322. The van der Waals surface area contributed by atoms with Gasteiger partial charge < -0.3 is 19.9 Å². The van der Waals surface area contributed by atoms with Crippen LogP contribution in [-0.2, 0) is 14.8 Å². The van der Waals surface area contributed by atoms with Gasteiger partial charge in [0.25, 0.3) is 10.0 Å². The summed E-state index contributed by atoms with van der Waals surface area (Å²) < 4.78 is 88.2. The second-order valence-electron chi connectivity index (χ2n) is 7.53.